The van der Waals surface area contributed by atoms with E-state index in [0.29, 0.717) is 13.1 Å². The molecule has 2 N–H and O–H groups in total. The molecule has 0 radical (unpaired) electrons. The lowest BCUT2D eigenvalue weighted by Gasteiger charge is -2.23. The Morgan fingerprint density at radius 1 is 1.43 bits per heavy atom. The molecule has 0 spiro atoms. The van der Waals surface area contributed by atoms with Crippen molar-refractivity contribution in [2.75, 3.05) is 13.1 Å². The summed E-state index contributed by atoms with van der Waals surface area (Å²) < 4.78 is 0. The zero-order valence-corrected chi connectivity index (χ0v) is 12.2. The van der Waals surface area contributed by atoms with Gasteiger partial charge >= 0.3 is 6.09 Å². The summed E-state index contributed by atoms with van der Waals surface area (Å²) >= 11 is 0. The lowest BCUT2D eigenvalue weighted by Crippen LogP contribution is -2.33. The molecule has 1 aliphatic rings. The maximum Gasteiger partial charge on any atom is 0.407 e. The number of hydrogen-bond acceptors (Lipinski definition) is 1. The summed E-state index contributed by atoms with van der Waals surface area (Å²) in [6, 6.07) is 6.48. The standard InChI is InChI=1S/C17H20N2O2/c1-2-3-14-11-18-16-5-4-13(10-15(14)16)12-6-8-19(9-7-12)17(20)21/h4-6,10-11,18H,2-3,7-9H2,1H3,(H,20,21). The van der Waals surface area contributed by atoms with E-state index >= 15 is 0 Å². The molecule has 0 saturated carbocycles. The zero-order valence-electron chi connectivity index (χ0n) is 12.2. The summed E-state index contributed by atoms with van der Waals surface area (Å²) in [5, 5.41) is 10.3. The Morgan fingerprint density at radius 2 is 2.29 bits per heavy atom. The zero-order chi connectivity index (χ0) is 14.8. The highest BCUT2D eigenvalue weighted by Gasteiger charge is 2.17. The van der Waals surface area contributed by atoms with Crippen LogP contribution in [-0.2, 0) is 6.42 Å². The third kappa shape index (κ3) is 2.66. The molecule has 0 atom stereocenters. The first-order valence-corrected chi connectivity index (χ1v) is 7.46. The second-order valence-corrected chi connectivity index (χ2v) is 5.53. The van der Waals surface area contributed by atoms with Gasteiger partial charge in [-0.25, -0.2) is 4.79 Å². The Morgan fingerprint density at radius 3 is 2.95 bits per heavy atom. The first-order valence-electron chi connectivity index (χ1n) is 7.46. The van der Waals surface area contributed by atoms with Crippen molar-refractivity contribution >= 4 is 22.6 Å². The quantitative estimate of drug-likeness (QED) is 0.898. The average molecular weight is 284 g/mol. The van der Waals surface area contributed by atoms with Crippen LogP contribution in [0.1, 0.15) is 30.9 Å². The molecule has 1 amide bonds. The van der Waals surface area contributed by atoms with Crippen molar-refractivity contribution in [3.63, 3.8) is 0 Å². The fraction of sp³-hybridized carbons (Fsp3) is 0.353. The highest BCUT2D eigenvalue weighted by atomic mass is 16.4. The topological polar surface area (TPSA) is 56.3 Å². The van der Waals surface area contributed by atoms with E-state index in [1.54, 1.807) is 0 Å². The molecule has 110 valence electrons. The summed E-state index contributed by atoms with van der Waals surface area (Å²) in [7, 11) is 0. The highest BCUT2D eigenvalue weighted by Crippen LogP contribution is 2.27. The van der Waals surface area contributed by atoms with Gasteiger partial charge in [0.15, 0.2) is 0 Å². The summed E-state index contributed by atoms with van der Waals surface area (Å²) in [6.07, 6.45) is 6.29. The van der Waals surface area contributed by atoms with Gasteiger partial charge in [0, 0.05) is 30.2 Å². The first kappa shape index (κ1) is 13.7. The summed E-state index contributed by atoms with van der Waals surface area (Å²) in [6.45, 7) is 3.25. The predicted molar refractivity (Wildman–Crippen MR) is 84.5 cm³/mol. The molecular formula is C17H20N2O2. The number of amides is 1. The van der Waals surface area contributed by atoms with Crippen LogP contribution in [0.2, 0.25) is 0 Å². The lowest BCUT2D eigenvalue weighted by atomic mass is 9.97. The van der Waals surface area contributed by atoms with Crippen molar-refractivity contribution in [1.82, 2.24) is 9.88 Å². The van der Waals surface area contributed by atoms with Crippen LogP contribution < -0.4 is 0 Å². The van der Waals surface area contributed by atoms with Crippen molar-refractivity contribution in [1.29, 1.82) is 0 Å². The van der Waals surface area contributed by atoms with E-state index in [-0.39, 0.29) is 0 Å². The molecule has 0 aliphatic carbocycles. The number of fused-ring (bicyclic) bond motifs is 1. The van der Waals surface area contributed by atoms with Gasteiger partial charge in [0.05, 0.1) is 0 Å². The lowest BCUT2D eigenvalue weighted by molar-refractivity contribution is 0.150. The van der Waals surface area contributed by atoms with Gasteiger partial charge in [0.2, 0.25) is 0 Å². The van der Waals surface area contributed by atoms with E-state index in [9.17, 15) is 4.79 Å². The van der Waals surface area contributed by atoms with Crippen LogP contribution in [0.25, 0.3) is 16.5 Å². The molecule has 1 aliphatic heterocycles. The molecule has 1 aromatic carbocycles. The molecule has 0 bridgehead atoms. The Kier molecular flexibility index (Phi) is 3.69. The number of aromatic nitrogens is 1. The minimum Gasteiger partial charge on any atom is -0.465 e. The van der Waals surface area contributed by atoms with Crippen molar-refractivity contribution in [3.05, 3.63) is 41.6 Å². The van der Waals surface area contributed by atoms with Crippen molar-refractivity contribution in [2.24, 2.45) is 0 Å². The molecule has 2 heterocycles. The van der Waals surface area contributed by atoms with Crippen LogP contribution in [0.4, 0.5) is 4.79 Å². The monoisotopic (exact) mass is 284 g/mol. The van der Waals surface area contributed by atoms with E-state index in [0.717, 1.165) is 19.3 Å². The van der Waals surface area contributed by atoms with Gasteiger partial charge in [-0.05, 0) is 41.7 Å². The Bertz CT molecular complexity index is 700. The Labute approximate surface area is 124 Å². The molecule has 3 rings (SSSR count). The maximum atomic E-state index is 10.9. The number of aromatic amines is 1. The molecule has 0 saturated heterocycles. The van der Waals surface area contributed by atoms with Gasteiger partial charge in [-0.2, -0.15) is 0 Å². The number of nitrogens with one attached hydrogen (secondary N) is 1. The number of hydrogen-bond donors (Lipinski definition) is 2. The van der Waals surface area contributed by atoms with Gasteiger partial charge in [-0.15, -0.1) is 0 Å². The van der Waals surface area contributed by atoms with Gasteiger partial charge < -0.3 is 15.0 Å². The SMILES string of the molecule is CCCc1c[nH]c2ccc(C3=CCN(C(=O)O)CC3)cc12. The number of rotatable bonds is 3. The largest absolute Gasteiger partial charge is 0.465 e. The van der Waals surface area contributed by atoms with Gasteiger partial charge in [-0.1, -0.05) is 25.5 Å². The normalized spacial score (nSPS) is 15.3. The fourth-order valence-electron chi connectivity index (χ4n) is 2.96. The number of benzene rings is 1. The Hall–Kier alpha value is -2.23. The molecule has 0 unspecified atom stereocenters. The highest BCUT2D eigenvalue weighted by molar-refractivity contribution is 5.87. The summed E-state index contributed by atoms with van der Waals surface area (Å²) in [5.41, 5.74) is 4.99. The molecule has 21 heavy (non-hydrogen) atoms. The molecule has 1 aromatic heterocycles. The van der Waals surface area contributed by atoms with Crippen molar-refractivity contribution in [2.45, 2.75) is 26.2 Å². The molecule has 0 fully saturated rings. The molecule has 4 heteroatoms. The van der Waals surface area contributed by atoms with Gasteiger partial charge in [0.1, 0.15) is 0 Å². The molecule has 2 aromatic rings. The minimum absolute atomic E-state index is 0.484. The van der Waals surface area contributed by atoms with E-state index in [4.69, 9.17) is 5.11 Å². The van der Waals surface area contributed by atoms with E-state index in [1.807, 2.05) is 6.08 Å². The number of H-pyrrole nitrogens is 1. The third-order valence-corrected chi connectivity index (χ3v) is 4.14. The van der Waals surface area contributed by atoms with Gasteiger partial charge in [-0.3, -0.25) is 0 Å². The fourth-order valence-corrected chi connectivity index (χ4v) is 2.96. The molecular weight excluding hydrogens is 264 g/mol. The number of carbonyl (C=O) groups is 1. The van der Waals surface area contributed by atoms with Crippen LogP contribution in [0.3, 0.4) is 0 Å². The summed E-state index contributed by atoms with van der Waals surface area (Å²) in [5.74, 6) is 0. The number of carboxylic acid groups (broad SMARTS) is 1. The third-order valence-electron chi connectivity index (χ3n) is 4.14. The van der Waals surface area contributed by atoms with E-state index in [2.05, 4.69) is 36.3 Å². The Balaban J connectivity index is 1.90. The maximum absolute atomic E-state index is 10.9. The predicted octanol–water partition coefficient (Wildman–Crippen LogP) is 3.89. The van der Waals surface area contributed by atoms with Crippen molar-refractivity contribution < 1.29 is 9.90 Å². The molecule has 4 nitrogen and oxygen atoms in total. The summed E-state index contributed by atoms with van der Waals surface area (Å²) in [4.78, 5) is 15.7. The van der Waals surface area contributed by atoms with Crippen LogP contribution in [-0.4, -0.2) is 34.2 Å². The van der Waals surface area contributed by atoms with Crippen LogP contribution in [0, 0.1) is 0 Å². The second kappa shape index (κ2) is 5.64. The number of aryl methyl sites for hydroxylation is 1. The van der Waals surface area contributed by atoms with Crippen LogP contribution in [0.15, 0.2) is 30.5 Å². The van der Waals surface area contributed by atoms with Crippen molar-refractivity contribution in [3.8, 4) is 0 Å². The minimum atomic E-state index is -0.836. The smallest absolute Gasteiger partial charge is 0.407 e. The number of nitrogens with zero attached hydrogens (tertiary/aromatic N) is 1. The van der Waals surface area contributed by atoms with Crippen LogP contribution in [0.5, 0.6) is 0 Å². The van der Waals surface area contributed by atoms with E-state index in [1.165, 1.54) is 32.5 Å². The second-order valence-electron chi connectivity index (χ2n) is 5.53. The van der Waals surface area contributed by atoms with E-state index < -0.39 is 6.09 Å². The van der Waals surface area contributed by atoms with Crippen LogP contribution >= 0.6 is 0 Å². The average Bonchev–Trinajstić information content (AvgIpc) is 2.90. The van der Waals surface area contributed by atoms with Gasteiger partial charge in [0.25, 0.3) is 0 Å². The first-order chi connectivity index (χ1) is 10.2.